The molecule has 0 aliphatic carbocycles. The van der Waals surface area contributed by atoms with Crippen molar-refractivity contribution in [3.05, 3.63) is 42.0 Å². The topological polar surface area (TPSA) is 54.0 Å². The molecular weight excluding hydrogens is 368 g/mol. The minimum atomic E-state index is -0.106. The van der Waals surface area contributed by atoms with E-state index in [2.05, 4.69) is 12.2 Å². The molecule has 0 heterocycles. The first kappa shape index (κ1) is 25.3. The Hall–Kier alpha value is -1.69. The summed E-state index contributed by atoms with van der Waals surface area (Å²) in [4.78, 5) is 10.3. The van der Waals surface area contributed by atoms with Crippen LogP contribution in [0, 0.1) is 0 Å². The Kier molecular flexibility index (Phi) is 16.0. The van der Waals surface area contributed by atoms with Crippen LogP contribution in [0.15, 0.2) is 36.4 Å². The van der Waals surface area contributed by atoms with E-state index in [-0.39, 0.29) is 12.9 Å². The quantitative estimate of drug-likeness (QED) is 0.132. The summed E-state index contributed by atoms with van der Waals surface area (Å²) >= 11 is 0. The second kappa shape index (κ2) is 18.3. The highest BCUT2D eigenvalue weighted by Gasteiger charge is 2.06. The third kappa shape index (κ3) is 14.0. The lowest BCUT2D eigenvalue weighted by atomic mass is 10.1. The molecule has 0 aliphatic heterocycles. The fourth-order valence-electron chi connectivity index (χ4n) is 2.95. The average Bonchev–Trinajstić information content (AvgIpc) is 2.75. The van der Waals surface area contributed by atoms with Crippen LogP contribution in [0.3, 0.4) is 0 Å². The zero-order chi connectivity index (χ0) is 21.0. The molecule has 5 nitrogen and oxygen atoms in total. The van der Waals surface area contributed by atoms with Gasteiger partial charge in [-0.05, 0) is 37.0 Å². The largest absolute Gasteiger partial charge is 0.497 e. The van der Waals surface area contributed by atoms with Crippen LogP contribution in [0.4, 0.5) is 0 Å². The molecule has 0 saturated carbocycles. The van der Waals surface area contributed by atoms with E-state index in [0.717, 1.165) is 30.4 Å². The number of carbonyl (C=O) groups excluding carboxylic acids is 1. The van der Waals surface area contributed by atoms with Gasteiger partial charge in [0.25, 0.3) is 0 Å². The van der Waals surface area contributed by atoms with Gasteiger partial charge in [0.1, 0.15) is 24.9 Å². The van der Waals surface area contributed by atoms with Crippen molar-refractivity contribution in [2.45, 2.75) is 70.5 Å². The van der Waals surface area contributed by atoms with Crippen molar-refractivity contribution in [2.75, 3.05) is 27.6 Å². The molecule has 0 saturated heterocycles. The molecule has 1 aromatic carbocycles. The number of hydrogen-bond acceptors (Lipinski definition) is 5. The smallest absolute Gasteiger partial charge is 0.147 e. The molecule has 0 aromatic heterocycles. The predicted octanol–water partition coefficient (Wildman–Crippen LogP) is 5.47. The summed E-state index contributed by atoms with van der Waals surface area (Å²) in [5.41, 5.74) is 1.10. The Morgan fingerprint density at radius 1 is 0.897 bits per heavy atom. The third-order valence-electron chi connectivity index (χ3n) is 4.65. The lowest BCUT2D eigenvalue weighted by molar-refractivity contribution is -0.107. The summed E-state index contributed by atoms with van der Waals surface area (Å²) < 4.78 is 21.7. The number of hydrogen-bond donors (Lipinski definition) is 0. The molecule has 0 radical (unpaired) electrons. The summed E-state index contributed by atoms with van der Waals surface area (Å²) in [5, 5.41) is 0. The van der Waals surface area contributed by atoms with Crippen LogP contribution in [-0.4, -0.2) is 40.0 Å². The van der Waals surface area contributed by atoms with Crippen LogP contribution >= 0.6 is 0 Å². The standard InChI is InChI=1S/C24H38O5/c1-26-21-29-24(20-28-19-22-14-16-23(27-2)17-15-22)13-11-9-7-5-3-4-6-8-10-12-18-25/h11,13-18,24H,3-10,12,19-21H2,1-2H3/b13-11+/t24-/m0/s1. The average molecular weight is 407 g/mol. The number of methoxy groups -OCH3 is 2. The van der Waals surface area contributed by atoms with Crippen LogP contribution in [0.25, 0.3) is 0 Å². The molecule has 29 heavy (non-hydrogen) atoms. The molecule has 0 amide bonds. The van der Waals surface area contributed by atoms with Crippen molar-refractivity contribution in [3.8, 4) is 5.75 Å². The Balaban J connectivity index is 2.16. The number of rotatable bonds is 19. The number of carbonyl (C=O) groups is 1. The molecule has 1 atom stereocenters. The van der Waals surface area contributed by atoms with E-state index in [1.165, 1.54) is 38.5 Å². The highest BCUT2D eigenvalue weighted by molar-refractivity contribution is 5.48. The first-order chi connectivity index (χ1) is 14.3. The van der Waals surface area contributed by atoms with Crippen molar-refractivity contribution in [2.24, 2.45) is 0 Å². The van der Waals surface area contributed by atoms with Gasteiger partial charge in [-0.3, -0.25) is 0 Å². The maximum absolute atomic E-state index is 10.3. The number of ether oxygens (including phenoxy) is 4. The minimum Gasteiger partial charge on any atom is -0.497 e. The van der Waals surface area contributed by atoms with Crippen molar-refractivity contribution in [1.82, 2.24) is 0 Å². The van der Waals surface area contributed by atoms with E-state index in [4.69, 9.17) is 18.9 Å². The van der Waals surface area contributed by atoms with E-state index < -0.39 is 0 Å². The summed E-state index contributed by atoms with van der Waals surface area (Å²) in [6.45, 7) is 1.29. The number of benzene rings is 1. The maximum Gasteiger partial charge on any atom is 0.147 e. The van der Waals surface area contributed by atoms with E-state index in [9.17, 15) is 4.79 Å². The van der Waals surface area contributed by atoms with Gasteiger partial charge < -0.3 is 23.7 Å². The van der Waals surface area contributed by atoms with E-state index in [0.29, 0.717) is 19.6 Å². The zero-order valence-corrected chi connectivity index (χ0v) is 18.1. The van der Waals surface area contributed by atoms with Crippen molar-refractivity contribution >= 4 is 6.29 Å². The summed E-state index contributed by atoms with van der Waals surface area (Å²) in [6.07, 6.45) is 15.3. The van der Waals surface area contributed by atoms with Gasteiger partial charge in [0.15, 0.2) is 0 Å². The van der Waals surface area contributed by atoms with Crippen molar-refractivity contribution in [3.63, 3.8) is 0 Å². The molecule has 0 aliphatic rings. The van der Waals surface area contributed by atoms with Crippen LogP contribution in [0.5, 0.6) is 5.75 Å². The van der Waals surface area contributed by atoms with Gasteiger partial charge in [0, 0.05) is 13.5 Å². The SMILES string of the molecule is COCO[C@@H](/C=C/CCCCCCCCCC=O)COCc1ccc(OC)cc1. The Morgan fingerprint density at radius 3 is 2.17 bits per heavy atom. The molecule has 5 heteroatoms. The van der Waals surface area contributed by atoms with Gasteiger partial charge in [-0.25, -0.2) is 0 Å². The fourth-order valence-corrected chi connectivity index (χ4v) is 2.95. The Labute approximate surface area is 176 Å². The predicted molar refractivity (Wildman–Crippen MR) is 116 cm³/mol. The second-order valence-electron chi connectivity index (χ2n) is 7.12. The minimum absolute atomic E-state index is 0.106. The van der Waals surface area contributed by atoms with Crippen LogP contribution in [0.2, 0.25) is 0 Å². The third-order valence-corrected chi connectivity index (χ3v) is 4.65. The maximum atomic E-state index is 10.3. The van der Waals surface area contributed by atoms with E-state index >= 15 is 0 Å². The lowest BCUT2D eigenvalue weighted by Gasteiger charge is -2.14. The molecule has 0 bridgehead atoms. The van der Waals surface area contributed by atoms with Gasteiger partial charge >= 0.3 is 0 Å². The van der Waals surface area contributed by atoms with Gasteiger partial charge in [0.2, 0.25) is 0 Å². The number of allylic oxidation sites excluding steroid dienone is 1. The van der Waals surface area contributed by atoms with Crippen molar-refractivity contribution < 1.29 is 23.7 Å². The van der Waals surface area contributed by atoms with Gasteiger partial charge in [-0.2, -0.15) is 0 Å². The zero-order valence-electron chi connectivity index (χ0n) is 18.1. The first-order valence-electron chi connectivity index (χ1n) is 10.7. The Morgan fingerprint density at radius 2 is 1.55 bits per heavy atom. The molecule has 0 N–H and O–H groups in total. The highest BCUT2D eigenvalue weighted by atomic mass is 16.7. The summed E-state index contributed by atoms with van der Waals surface area (Å²) in [6, 6.07) is 7.87. The molecular formula is C24H38O5. The molecule has 0 spiro atoms. The van der Waals surface area contributed by atoms with Gasteiger partial charge in [-0.1, -0.05) is 56.4 Å². The lowest BCUT2D eigenvalue weighted by Crippen LogP contribution is -2.18. The van der Waals surface area contributed by atoms with Crippen molar-refractivity contribution in [1.29, 1.82) is 0 Å². The summed E-state index contributed by atoms with van der Waals surface area (Å²) in [5.74, 6) is 0.843. The number of unbranched alkanes of at least 4 members (excludes halogenated alkanes) is 8. The fraction of sp³-hybridized carbons (Fsp3) is 0.625. The molecule has 0 unspecified atom stereocenters. The van der Waals surface area contributed by atoms with Crippen LogP contribution < -0.4 is 4.74 Å². The van der Waals surface area contributed by atoms with E-state index in [1.807, 2.05) is 24.3 Å². The molecule has 1 rings (SSSR count). The van der Waals surface area contributed by atoms with Gasteiger partial charge in [-0.15, -0.1) is 0 Å². The normalized spacial score (nSPS) is 12.3. The first-order valence-corrected chi connectivity index (χ1v) is 10.7. The summed E-state index contributed by atoms with van der Waals surface area (Å²) in [7, 11) is 3.28. The Bertz CT molecular complexity index is 527. The van der Waals surface area contributed by atoms with Crippen LogP contribution in [0.1, 0.15) is 63.4 Å². The van der Waals surface area contributed by atoms with Crippen LogP contribution in [-0.2, 0) is 25.6 Å². The number of aldehydes is 1. The molecule has 1 aromatic rings. The molecule has 0 fully saturated rings. The van der Waals surface area contributed by atoms with E-state index in [1.54, 1.807) is 14.2 Å². The van der Waals surface area contributed by atoms with Gasteiger partial charge in [0.05, 0.1) is 20.3 Å². The monoisotopic (exact) mass is 406 g/mol. The highest BCUT2D eigenvalue weighted by Crippen LogP contribution is 2.13. The molecule has 164 valence electrons. The second-order valence-corrected chi connectivity index (χ2v) is 7.12.